The van der Waals surface area contributed by atoms with Gasteiger partial charge in [0.1, 0.15) is 0 Å². The molecule has 0 aliphatic carbocycles. The van der Waals surface area contributed by atoms with Crippen molar-refractivity contribution in [2.24, 2.45) is 0 Å². The second-order valence-electron chi connectivity index (χ2n) is 3.90. The number of carboxylic acids is 1. The largest absolute Gasteiger partial charge is 1.00 e. The Kier molecular flexibility index (Phi) is 15.9. The van der Waals surface area contributed by atoms with E-state index in [0.29, 0.717) is 0 Å². The number of carbonyl (C=O) groups is 2. The van der Waals surface area contributed by atoms with E-state index < -0.39 is 11.9 Å². The molecule has 94 valence electrons. The fourth-order valence-electron chi connectivity index (χ4n) is 1.46. The summed E-state index contributed by atoms with van der Waals surface area (Å²) in [5.74, 6) is -3.03. The van der Waals surface area contributed by atoms with Crippen molar-refractivity contribution in [1.29, 1.82) is 0 Å². The van der Waals surface area contributed by atoms with Crippen molar-refractivity contribution in [2.75, 3.05) is 6.61 Å². The van der Waals surface area contributed by atoms with Crippen LogP contribution in [0.2, 0.25) is 0 Å². The van der Waals surface area contributed by atoms with Gasteiger partial charge in [0.2, 0.25) is 0 Å². The monoisotopic (exact) mass is 252 g/mol. The third-order valence-electron chi connectivity index (χ3n) is 2.40. The zero-order valence-electron chi connectivity index (χ0n) is 11.0. The van der Waals surface area contributed by atoms with Crippen LogP contribution in [0.4, 0.5) is 0 Å². The number of esters is 1. The zero-order valence-corrected chi connectivity index (χ0v) is 13.0. The predicted octanol–water partition coefficient (Wildman–Crippen LogP) is -1.58. The minimum atomic E-state index is -1.76. The van der Waals surface area contributed by atoms with Gasteiger partial charge in [-0.1, -0.05) is 51.9 Å². The summed E-state index contributed by atoms with van der Waals surface area (Å²) in [5.41, 5.74) is 0. The molecule has 0 aromatic rings. The van der Waals surface area contributed by atoms with Crippen LogP contribution in [-0.4, -0.2) is 18.5 Å². The third-order valence-corrected chi connectivity index (χ3v) is 2.40. The van der Waals surface area contributed by atoms with Crippen LogP contribution in [-0.2, 0) is 14.3 Å². The average molecular weight is 252 g/mol. The van der Waals surface area contributed by atoms with Gasteiger partial charge < -0.3 is 14.6 Å². The van der Waals surface area contributed by atoms with Crippen molar-refractivity contribution in [3.05, 3.63) is 0 Å². The summed E-state index contributed by atoms with van der Waals surface area (Å²) in [7, 11) is 0. The molecule has 0 rings (SSSR count). The first-order chi connectivity index (χ1) is 7.68. The second kappa shape index (κ2) is 14.0. The zero-order chi connectivity index (χ0) is 12.2. The number of hydrogen-bond acceptors (Lipinski definition) is 4. The van der Waals surface area contributed by atoms with Crippen molar-refractivity contribution in [1.82, 2.24) is 0 Å². The van der Waals surface area contributed by atoms with Gasteiger partial charge in [-0.25, -0.2) is 4.79 Å². The summed E-state index contributed by atoms with van der Waals surface area (Å²) in [5, 5.41) is 9.98. The van der Waals surface area contributed by atoms with Gasteiger partial charge in [0, 0.05) is 0 Å². The molecule has 0 aliphatic heterocycles. The Morgan fingerprint density at radius 1 is 0.941 bits per heavy atom. The molecule has 0 radical (unpaired) electrons. The van der Waals surface area contributed by atoms with Gasteiger partial charge in [-0.05, 0) is 6.42 Å². The first-order valence-electron chi connectivity index (χ1n) is 6.06. The Morgan fingerprint density at radius 2 is 1.41 bits per heavy atom. The Labute approximate surface area is 125 Å². The molecule has 0 aliphatic rings. The van der Waals surface area contributed by atoms with Crippen LogP contribution in [0.25, 0.3) is 0 Å². The average Bonchev–Trinajstić information content (AvgIpc) is 2.26. The molecular weight excluding hydrogens is 231 g/mol. The number of aliphatic carboxylic acids is 1. The van der Waals surface area contributed by atoms with Crippen LogP contribution in [0, 0.1) is 0 Å². The summed E-state index contributed by atoms with van der Waals surface area (Å²) < 4.78 is 4.45. The van der Waals surface area contributed by atoms with Crippen molar-refractivity contribution in [3.8, 4) is 0 Å². The molecule has 0 spiro atoms. The summed E-state index contributed by atoms with van der Waals surface area (Å²) in [6.45, 7) is 2.37. The van der Waals surface area contributed by atoms with E-state index in [0.717, 1.165) is 19.3 Å². The maximum absolute atomic E-state index is 10.5. The smallest absolute Gasteiger partial charge is 0.539 e. The van der Waals surface area contributed by atoms with E-state index >= 15 is 0 Å². The van der Waals surface area contributed by atoms with Crippen molar-refractivity contribution >= 4 is 11.9 Å². The maximum atomic E-state index is 10.5. The van der Waals surface area contributed by atoms with Gasteiger partial charge >= 0.3 is 35.5 Å². The van der Waals surface area contributed by atoms with Gasteiger partial charge in [0.15, 0.2) is 5.97 Å². The fourth-order valence-corrected chi connectivity index (χ4v) is 1.46. The third kappa shape index (κ3) is 13.9. The molecule has 5 heteroatoms. The van der Waals surface area contributed by atoms with Crippen molar-refractivity contribution in [3.63, 3.8) is 0 Å². The van der Waals surface area contributed by atoms with Crippen LogP contribution in [0.3, 0.4) is 0 Å². The summed E-state index contributed by atoms with van der Waals surface area (Å²) in [6, 6.07) is 0. The molecule has 0 N–H and O–H groups in total. The Morgan fingerprint density at radius 3 is 1.88 bits per heavy atom. The molecule has 0 heterocycles. The first kappa shape index (κ1) is 19.3. The molecular formula is C12H21NaO4. The SMILES string of the molecule is CCCCCCCCCCOC(=O)C(=O)[O-].[Na+]. The van der Waals surface area contributed by atoms with Crippen molar-refractivity contribution in [2.45, 2.75) is 58.3 Å². The van der Waals surface area contributed by atoms with E-state index in [1.54, 1.807) is 0 Å². The fraction of sp³-hybridized carbons (Fsp3) is 0.833. The number of carbonyl (C=O) groups excluding carboxylic acids is 2. The number of unbranched alkanes of at least 4 members (excludes halogenated alkanes) is 7. The van der Waals surface area contributed by atoms with Crippen LogP contribution in [0.5, 0.6) is 0 Å². The predicted molar refractivity (Wildman–Crippen MR) is 58.6 cm³/mol. The molecule has 0 aromatic heterocycles. The van der Waals surface area contributed by atoms with E-state index in [-0.39, 0.29) is 36.2 Å². The van der Waals surface area contributed by atoms with E-state index in [1.165, 1.54) is 32.1 Å². The number of rotatable bonds is 9. The number of hydrogen-bond donors (Lipinski definition) is 0. The molecule has 0 unspecified atom stereocenters. The molecule has 0 atom stereocenters. The Hall–Kier alpha value is -0.0600. The van der Waals surface area contributed by atoms with Gasteiger partial charge in [0.05, 0.1) is 6.61 Å². The van der Waals surface area contributed by atoms with E-state index in [4.69, 9.17) is 0 Å². The minimum absolute atomic E-state index is 0. The molecule has 0 aromatic carbocycles. The van der Waals surface area contributed by atoms with E-state index in [2.05, 4.69) is 11.7 Å². The number of ether oxygens (including phenoxy) is 1. The van der Waals surface area contributed by atoms with Crippen molar-refractivity contribution < 1.29 is 49.0 Å². The minimum Gasteiger partial charge on any atom is -0.539 e. The summed E-state index contributed by atoms with van der Waals surface area (Å²) >= 11 is 0. The summed E-state index contributed by atoms with van der Waals surface area (Å²) in [4.78, 5) is 20.4. The molecule has 0 saturated heterocycles. The van der Waals surface area contributed by atoms with Crippen LogP contribution in [0.15, 0.2) is 0 Å². The summed E-state index contributed by atoms with van der Waals surface area (Å²) in [6.07, 6.45) is 9.12. The van der Waals surface area contributed by atoms with E-state index in [1.807, 2.05) is 0 Å². The Bertz CT molecular complexity index is 207. The van der Waals surface area contributed by atoms with Gasteiger partial charge in [0.25, 0.3) is 0 Å². The van der Waals surface area contributed by atoms with Crippen LogP contribution >= 0.6 is 0 Å². The van der Waals surface area contributed by atoms with Gasteiger partial charge in [-0.15, -0.1) is 0 Å². The molecule has 0 fully saturated rings. The van der Waals surface area contributed by atoms with Crippen LogP contribution < -0.4 is 34.7 Å². The first-order valence-corrected chi connectivity index (χ1v) is 6.06. The molecule has 4 nitrogen and oxygen atoms in total. The normalized spacial score (nSPS) is 9.47. The second-order valence-corrected chi connectivity index (χ2v) is 3.90. The Balaban J connectivity index is 0. The number of carboxylic acid groups (broad SMARTS) is 1. The standard InChI is InChI=1S/C12H22O4.Na/c1-2-3-4-5-6-7-8-9-10-16-12(15)11(13)14;/h2-10H2,1H3,(H,13,14);/q;+1/p-1. The molecule has 0 amide bonds. The van der Waals surface area contributed by atoms with Gasteiger partial charge in [-0.3, -0.25) is 0 Å². The van der Waals surface area contributed by atoms with E-state index in [9.17, 15) is 14.7 Å². The quantitative estimate of drug-likeness (QED) is 0.215. The maximum Gasteiger partial charge on any atom is 1.00 e. The molecule has 0 saturated carbocycles. The van der Waals surface area contributed by atoms with Crippen LogP contribution in [0.1, 0.15) is 58.3 Å². The molecule has 0 bridgehead atoms. The van der Waals surface area contributed by atoms with Gasteiger partial charge in [-0.2, -0.15) is 0 Å². The topological polar surface area (TPSA) is 66.4 Å². The molecule has 17 heavy (non-hydrogen) atoms.